The standard InChI is InChI=1S/C21H13N2.C13H24O2.Ir/c1-2-8-15(9-3-1)21-22-14-20-18-12-5-4-10-16(18)17-11-6-7-13-19(17)23(20)21;1-5-10(6-2)12(14)9-13(15)11(7-3)8-4;/h1-8,10-14H;9-11,14H,5-8H2,1-4H3;/q-1;;. The van der Waals surface area contributed by atoms with Crippen LogP contribution >= 0.6 is 0 Å². The molecule has 3 aromatic carbocycles. The number of hydrogen-bond donors (Lipinski definition) is 1. The van der Waals surface area contributed by atoms with Gasteiger partial charge in [-0.25, -0.2) is 0 Å². The monoisotopic (exact) mass is 698 g/mol. The molecule has 0 unspecified atom stereocenters. The maximum Gasteiger partial charge on any atom is 0.162 e. The smallest absolute Gasteiger partial charge is 0.162 e. The van der Waals surface area contributed by atoms with Crippen LogP contribution in [-0.4, -0.2) is 20.3 Å². The van der Waals surface area contributed by atoms with Gasteiger partial charge in [0.15, 0.2) is 5.78 Å². The molecule has 0 bridgehead atoms. The van der Waals surface area contributed by atoms with Gasteiger partial charge in [-0.05, 0) is 37.1 Å². The maximum absolute atomic E-state index is 11.7. The van der Waals surface area contributed by atoms with E-state index < -0.39 is 0 Å². The number of hydrogen-bond acceptors (Lipinski definition) is 3. The van der Waals surface area contributed by atoms with Crippen molar-refractivity contribution in [3.63, 3.8) is 0 Å². The van der Waals surface area contributed by atoms with E-state index in [-0.39, 0.29) is 43.5 Å². The average Bonchev–Trinajstić information content (AvgIpc) is 3.41. The fourth-order valence-corrected chi connectivity index (χ4v) is 5.13. The number of carbonyl (C=O) groups excluding carboxylic acids is 1. The Labute approximate surface area is 245 Å². The number of imidazole rings is 1. The van der Waals surface area contributed by atoms with Crippen LogP contribution in [0, 0.1) is 17.9 Å². The predicted molar refractivity (Wildman–Crippen MR) is 158 cm³/mol. The molecule has 5 rings (SSSR count). The van der Waals surface area contributed by atoms with Gasteiger partial charge in [-0.15, -0.1) is 35.9 Å². The summed E-state index contributed by atoms with van der Waals surface area (Å²) in [7, 11) is 0. The quantitative estimate of drug-likeness (QED) is 0.0763. The molecule has 2 aromatic heterocycles. The largest absolute Gasteiger partial charge is 0.512 e. The number of allylic oxidation sites excluding steroid dienone is 2. The van der Waals surface area contributed by atoms with E-state index in [1.54, 1.807) is 0 Å². The summed E-state index contributed by atoms with van der Waals surface area (Å²) in [5.41, 5.74) is 3.31. The first-order valence-corrected chi connectivity index (χ1v) is 13.7. The number of fused-ring (bicyclic) bond motifs is 6. The number of carbonyl (C=O) groups is 1. The molecular weight excluding hydrogens is 661 g/mol. The van der Waals surface area contributed by atoms with Gasteiger partial charge < -0.3 is 9.51 Å². The number of pyridine rings is 1. The van der Waals surface area contributed by atoms with Crippen molar-refractivity contribution in [2.24, 2.45) is 11.8 Å². The van der Waals surface area contributed by atoms with E-state index in [2.05, 4.69) is 65.1 Å². The molecule has 4 nitrogen and oxygen atoms in total. The second-order valence-corrected chi connectivity index (χ2v) is 9.64. The molecule has 205 valence electrons. The fraction of sp³-hybridized carbons (Fsp3) is 0.294. The normalized spacial score (nSPS) is 11.6. The molecule has 0 aliphatic heterocycles. The zero-order valence-corrected chi connectivity index (χ0v) is 25.5. The van der Waals surface area contributed by atoms with Gasteiger partial charge in [-0.3, -0.25) is 9.78 Å². The molecule has 0 aliphatic rings. The average molecular weight is 698 g/mol. The minimum absolute atomic E-state index is 0. The van der Waals surface area contributed by atoms with Crippen LogP contribution in [0.3, 0.4) is 0 Å². The summed E-state index contributed by atoms with van der Waals surface area (Å²) in [6, 6.07) is 28.3. The summed E-state index contributed by atoms with van der Waals surface area (Å²) in [5, 5.41) is 13.5. The Morgan fingerprint density at radius 2 is 1.38 bits per heavy atom. The molecule has 39 heavy (non-hydrogen) atoms. The number of rotatable bonds is 8. The third-order valence-corrected chi connectivity index (χ3v) is 7.43. The third-order valence-electron chi connectivity index (χ3n) is 7.43. The van der Waals surface area contributed by atoms with Crippen molar-refractivity contribution in [2.45, 2.75) is 53.4 Å². The molecule has 1 N–H and O–H groups in total. The van der Waals surface area contributed by atoms with E-state index in [9.17, 15) is 9.90 Å². The molecule has 1 radical (unpaired) electrons. The summed E-state index contributed by atoms with van der Waals surface area (Å²) < 4.78 is 2.24. The number of aromatic nitrogens is 2. The maximum atomic E-state index is 11.7. The Bertz CT molecular complexity index is 1550. The number of para-hydroxylation sites is 1. The molecule has 5 heteroatoms. The van der Waals surface area contributed by atoms with Crippen LogP contribution in [0.25, 0.3) is 38.6 Å². The first kappa shape index (κ1) is 30.3. The first-order chi connectivity index (χ1) is 18.5. The number of benzene rings is 3. The van der Waals surface area contributed by atoms with Crippen molar-refractivity contribution < 1.29 is 30.0 Å². The molecule has 0 saturated carbocycles. The van der Waals surface area contributed by atoms with Crippen LogP contribution in [0.2, 0.25) is 0 Å². The molecule has 0 atom stereocenters. The second-order valence-electron chi connectivity index (χ2n) is 9.64. The van der Waals surface area contributed by atoms with Crippen LogP contribution < -0.4 is 0 Å². The van der Waals surface area contributed by atoms with Crippen molar-refractivity contribution >= 4 is 33.0 Å². The van der Waals surface area contributed by atoms with Gasteiger partial charge >= 0.3 is 0 Å². The van der Waals surface area contributed by atoms with Crippen molar-refractivity contribution in [1.29, 1.82) is 0 Å². The minimum atomic E-state index is 0. The SMILES string of the molecule is CCC(CC)C(=O)C=C(O)C(CC)CC.[Ir].[c-]1ccccc1-c1ncc2c3ccccc3c3ccccc3n12. The first-order valence-electron chi connectivity index (χ1n) is 13.7. The molecular formula is C34H37IrN2O2-. The van der Waals surface area contributed by atoms with E-state index in [0.29, 0.717) is 0 Å². The fourth-order valence-electron chi connectivity index (χ4n) is 5.13. The Balaban J connectivity index is 0.000000233. The summed E-state index contributed by atoms with van der Waals surface area (Å²) in [5.74, 6) is 1.48. The van der Waals surface area contributed by atoms with Crippen LogP contribution in [0.15, 0.2) is 90.8 Å². The van der Waals surface area contributed by atoms with E-state index in [4.69, 9.17) is 4.98 Å². The summed E-state index contributed by atoms with van der Waals surface area (Å²) in [4.78, 5) is 16.4. The van der Waals surface area contributed by atoms with Crippen LogP contribution in [0.5, 0.6) is 0 Å². The predicted octanol–water partition coefficient (Wildman–Crippen LogP) is 8.98. The van der Waals surface area contributed by atoms with E-state index in [1.165, 1.54) is 27.8 Å². The van der Waals surface area contributed by atoms with Crippen molar-refractivity contribution in [3.05, 3.63) is 96.9 Å². The van der Waals surface area contributed by atoms with E-state index >= 15 is 0 Å². The molecule has 0 saturated heterocycles. The number of aliphatic hydroxyl groups is 1. The molecule has 0 amide bonds. The summed E-state index contributed by atoms with van der Waals surface area (Å²) in [6.45, 7) is 8.07. The number of aliphatic hydroxyl groups excluding tert-OH is 1. The number of nitrogens with zero attached hydrogens (tertiary/aromatic N) is 2. The second kappa shape index (κ2) is 14.2. The van der Waals surface area contributed by atoms with Gasteiger partial charge in [0.2, 0.25) is 0 Å². The molecule has 5 aromatic rings. The van der Waals surface area contributed by atoms with E-state index in [0.717, 1.165) is 42.6 Å². The van der Waals surface area contributed by atoms with Gasteiger partial charge in [0.1, 0.15) is 0 Å². The third kappa shape index (κ3) is 6.49. The molecule has 0 aliphatic carbocycles. The Morgan fingerprint density at radius 3 is 1.97 bits per heavy atom. The van der Waals surface area contributed by atoms with Gasteiger partial charge in [0.25, 0.3) is 0 Å². The Kier molecular flexibility index (Phi) is 11.0. The zero-order valence-electron chi connectivity index (χ0n) is 23.1. The van der Waals surface area contributed by atoms with E-state index in [1.807, 2.05) is 52.1 Å². The topological polar surface area (TPSA) is 54.6 Å². The van der Waals surface area contributed by atoms with Crippen LogP contribution in [0.1, 0.15) is 53.4 Å². The molecule has 0 fully saturated rings. The molecule has 2 heterocycles. The number of ketones is 1. The van der Waals surface area contributed by atoms with Gasteiger partial charge in [-0.1, -0.05) is 70.2 Å². The minimum Gasteiger partial charge on any atom is -0.512 e. The molecule has 0 spiro atoms. The van der Waals surface area contributed by atoms with Crippen LogP contribution in [-0.2, 0) is 24.9 Å². The summed E-state index contributed by atoms with van der Waals surface area (Å²) in [6.07, 6.45) is 6.87. The van der Waals surface area contributed by atoms with Gasteiger partial charge in [0, 0.05) is 60.5 Å². The van der Waals surface area contributed by atoms with Crippen molar-refractivity contribution in [2.75, 3.05) is 0 Å². The van der Waals surface area contributed by atoms with Crippen LogP contribution in [0.4, 0.5) is 0 Å². The Hall–Kier alpha value is -3.27. The Morgan fingerprint density at radius 1 is 0.821 bits per heavy atom. The summed E-state index contributed by atoms with van der Waals surface area (Å²) >= 11 is 0. The zero-order chi connectivity index (χ0) is 27.1. The van der Waals surface area contributed by atoms with Gasteiger partial charge in [-0.2, -0.15) is 0 Å². The van der Waals surface area contributed by atoms with Crippen molar-refractivity contribution in [3.8, 4) is 11.4 Å². The van der Waals surface area contributed by atoms with Gasteiger partial charge in [0.05, 0.1) is 17.1 Å². The van der Waals surface area contributed by atoms with Crippen molar-refractivity contribution in [1.82, 2.24) is 9.38 Å².